The van der Waals surface area contributed by atoms with Gasteiger partial charge in [0.15, 0.2) is 0 Å². The van der Waals surface area contributed by atoms with E-state index in [0.717, 1.165) is 5.69 Å². The van der Waals surface area contributed by atoms with Gasteiger partial charge < -0.3 is 9.64 Å². The largest absolute Gasteiger partial charge is 0.481 e. The Morgan fingerprint density at radius 3 is 2.94 bits per heavy atom. The lowest BCUT2D eigenvalue weighted by molar-refractivity contribution is -0.117. The van der Waals surface area contributed by atoms with Crippen molar-refractivity contribution >= 4 is 11.6 Å². The van der Waals surface area contributed by atoms with Crippen molar-refractivity contribution in [2.45, 2.75) is 6.42 Å². The first-order chi connectivity index (χ1) is 7.74. The number of amides is 1. The van der Waals surface area contributed by atoms with Gasteiger partial charge in [-0.15, -0.1) is 12.3 Å². The molecule has 1 atom stereocenters. The molecule has 4 nitrogen and oxygen atoms in total. The molecule has 0 aliphatic carbocycles. The first-order valence-corrected chi connectivity index (χ1v) is 5.01. The summed E-state index contributed by atoms with van der Waals surface area (Å²) in [6, 6.07) is 3.54. The van der Waals surface area contributed by atoms with Gasteiger partial charge in [0, 0.05) is 24.9 Å². The normalized spacial score (nSPS) is 19.6. The fraction of sp³-hybridized carbons (Fsp3) is 0.333. The van der Waals surface area contributed by atoms with Gasteiger partial charge in [-0.2, -0.15) is 0 Å². The number of terminal acetylenes is 1. The highest BCUT2D eigenvalue weighted by Gasteiger charge is 2.29. The van der Waals surface area contributed by atoms with Crippen LogP contribution in [0.2, 0.25) is 0 Å². The molecule has 0 spiro atoms. The molecule has 0 aromatic carbocycles. The van der Waals surface area contributed by atoms with Crippen LogP contribution in [0.1, 0.15) is 6.42 Å². The molecular weight excluding hydrogens is 204 g/mol. The molecule has 0 saturated carbocycles. The van der Waals surface area contributed by atoms with Crippen LogP contribution >= 0.6 is 0 Å². The van der Waals surface area contributed by atoms with E-state index in [1.807, 2.05) is 6.07 Å². The predicted molar refractivity (Wildman–Crippen MR) is 60.1 cm³/mol. The second kappa shape index (κ2) is 4.23. The number of nitrogens with zero attached hydrogens (tertiary/aromatic N) is 2. The molecule has 2 rings (SSSR count). The summed E-state index contributed by atoms with van der Waals surface area (Å²) in [5.74, 6) is 3.20. The molecule has 1 aliphatic heterocycles. The van der Waals surface area contributed by atoms with Crippen LogP contribution in [0, 0.1) is 18.3 Å². The lowest BCUT2D eigenvalue weighted by Crippen LogP contribution is -2.24. The zero-order valence-corrected chi connectivity index (χ0v) is 9.01. The molecule has 82 valence electrons. The van der Waals surface area contributed by atoms with Crippen LogP contribution in [0.25, 0.3) is 0 Å². The van der Waals surface area contributed by atoms with E-state index in [0.29, 0.717) is 18.8 Å². The quantitative estimate of drug-likeness (QED) is 0.695. The van der Waals surface area contributed by atoms with E-state index >= 15 is 0 Å². The molecule has 0 bridgehead atoms. The lowest BCUT2D eigenvalue weighted by atomic mass is 10.1. The fourth-order valence-corrected chi connectivity index (χ4v) is 1.72. The molecule has 1 fully saturated rings. The molecule has 1 aromatic rings. The first-order valence-electron chi connectivity index (χ1n) is 5.01. The van der Waals surface area contributed by atoms with E-state index < -0.39 is 0 Å². The summed E-state index contributed by atoms with van der Waals surface area (Å²) in [5, 5.41) is 0. The molecule has 2 heterocycles. The van der Waals surface area contributed by atoms with E-state index in [2.05, 4.69) is 10.9 Å². The van der Waals surface area contributed by atoms with Crippen LogP contribution in [0.15, 0.2) is 18.3 Å². The van der Waals surface area contributed by atoms with Crippen molar-refractivity contribution in [1.29, 1.82) is 0 Å². The van der Waals surface area contributed by atoms with Gasteiger partial charge in [-0.3, -0.25) is 4.79 Å². The van der Waals surface area contributed by atoms with Gasteiger partial charge in [0.2, 0.25) is 11.8 Å². The number of anilines is 1. The molecule has 1 saturated heterocycles. The highest BCUT2D eigenvalue weighted by Crippen LogP contribution is 2.24. The number of methoxy groups -OCH3 is 1. The molecule has 1 aromatic heterocycles. The third kappa shape index (κ3) is 1.84. The number of carbonyl (C=O) groups is 1. The summed E-state index contributed by atoms with van der Waals surface area (Å²) >= 11 is 0. The average molecular weight is 216 g/mol. The van der Waals surface area contributed by atoms with Gasteiger partial charge in [-0.25, -0.2) is 4.98 Å². The van der Waals surface area contributed by atoms with Crippen molar-refractivity contribution in [3.8, 4) is 18.2 Å². The monoisotopic (exact) mass is 216 g/mol. The zero-order chi connectivity index (χ0) is 11.5. The van der Waals surface area contributed by atoms with Crippen molar-refractivity contribution < 1.29 is 9.53 Å². The second-order valence-electron chi connectivity index (χ2n) is 3.63. The minimum atomic E-state index is 0.00889. The topological polar surface area (TPSA) is 42.4 Å². The molecule has 0 N–H and O–H groups in total. The Hall–Kier alpha value is -2.02. The Bertz CT molecular complexity index is 433. The Labute approximate surface area is 94.2 Å². The highest BCUT2D eigenvalue weighted by atomic mass is 16.5. The number of ether oxygens (including phenoxy) is 1. The van der Waals surface area contributed by atoms with E-state index in [9.17, 15) is 4.79 Å². The molecule has 16 heavy (non-hydrogen) atoms. The molecular formula is C12H12N2O2. The van der Waals surface area contributed by atoms with Gasteiger partial charge in [0.05, 0.1) is 19.0 Å². The maximum Gasteiger partial charge on any atom is 0.228 e. The Kier molecular flexibility index (Phi) is 2.78. The van der Waals surface area contributed by atoms with Crippen molar-refractivity contribution in [1.82, 2.24) is 4.98 Å². The van der Waals surface area contributed by atoms with Crippen LogP contribution in [0.4, 0.5) is 5.69 Å². The summed E-state index contributed by atoms with van der Waals surface area (Å²) in [6.07, 6.45) is 7.36. The van der Waals surface area contributed by atoms with Gasteiger partial charge in [0.25, 0.3) is 0 Å². The zero-order valence-electron chi connectivity index (χ0n) is 9.01. The van der Waals surface area contributed by atoms with Crippen molar-refractivity contribution in [2.24, 2.45) is 5.92 Å². The van der Waals surface area contributed by atoms with Crippen LogP contribution in [0.3, 0.4) is 0 Å². The number of hydrogen-bond acceptors (Lipinski definition) is 3. The number of aromatic nitrogens is 1. The van der Waals surface area contributed by atoms with Gasteiger partial charge >= 0.3 is 0 Å². The minimum absolute atomic E-state index is 0.00889. The summed E-state index contributed by atoms with van der Waals surface area (Å²) in [6.45, 7) is 0.573. The second-order valence-corrected chi connectivity index (χ2v) is 3.63. The molecule has 1 unspecified atom stereocenters. The predicted octanol–water partition coefficient (Wildman–Crippen LogP) is 1.08. The third-order valence-corrected chi connectivity index (χ3v) is 2.60. The number of pyridine rings is 1. The third-order valence-electron chi connectivity index (χ3n) is 2.60. The fourth-order valence-electron chi connectivity index (χ4n) is 1.72. The lowest BCUT2D eigenvalue weighted by Gasteiger charge is -2.15. The summed E-state index contributed by atoms with van der Waals surface area (Å²) in [4.78, 5) is 17.4. The van der Waals surface area contributed by atoms with Crippen molar-refractivity contribution in [2.75, 3.05) is 18.6 Å². The standard InChI is InChI=1S/C12H12N2O2/c1-3-9-6-12(15)14(8-9)10-4-5-11(16-2)13-7-10/h1,4-5,7,9H,6,8H2,2H3. The smallest absolute Gasteiger partial charge is 0.228 e. The Balaban J connectivity index is 2.18. The van der Waals surface area contributed by atoms with Crippen LogP contribution in [0.5, 0.6) is 5.88 Å². The maximum atomic E-state index is 11.7. The molecule has 0 radical (unpaired) electrons. The number of rotatable bonds is 2. The van der Waals surface area contributed by atoms with Gasteiger partial charge in [-0.1, -0.05) is 0 Å². The maximum absolute atomic E-state index is 11.7. The first kappa shape index (κ1) is 10.5. The van der Waals surface area contributed by atoms with E-state index in [1.54, 1.807) is 24.3 Å². The molecule has 4 heteroatoms. The highest BCUT2D eigenvalue weighted by molar-refractivity contribution is 5.95. The van der Waals surface area contributed by atoms with Gasteiger partial charge in [-0.05, 0) is 6.07 Å². The molecule has 1 amide bonds. The number of hydrogen-bond donors (Lipinski definition) is 0. The van der Waals surface area contributed by atoms with Crippen LogP contribution in [-0.2, 0) is 4.79 Å². The SMILES string of the molecule is C#CC1CC(=O)N(c2ccc(OC)nc2)C1. The summed E-state index contributed by atoms with van der Waals surface area (Å²) in [7, 11) is 1.55. The van der Waals surface area contributed by atoms with E-state index in [4.69, 9.17) is 11.2 Å². The summed E-state index contributed by atoms with van der Waals surface area (Å²) in [5.41, 5.74) is 0.767. The van der Waals surface area contributed by atoms with Crippen molar-refractivity contribution in [3.05, 3.63) is 18.3 Å². The minimum Gasteiger partial charge on any atom is -0.481 e. The average Bonchev–Trinajstić information content (AvgIpc) is 2.71. The van der Waals surface area contributed by atoms with Crippen molar-refractivity contribution in [3.63, 3.8) is 0 Å². The van der Waals surface area contributed by atoms with Crippen LogP contribution in [-0.4, -0.2) is 24.5 Å². The van der Waals surface area contributed by atoms with Gasteiger partial charge in [0.1, 0.15) is 0 Å². The Morgan fingerprint density at radius 1 is 1.62 bits per heavy atom. The Morgan fingerprint density at radius 2 is 2.44 bits per heavy atom. The van der Waals surface area contributed by atoms with Crippen LogP contribution < -0.4 is 9.64 Å². The number of carbonyl (C=O) groups excluding carboxylic acids is 1. The molecule has 1 aliphatic rings. The van der Waals surface area contributed by atoms with E-state index in [1.165, 1.54) is 0 Å². The summed E-state index contributed by atoms with van der Waals surface area (Å²) < 4.78 is 4.95. The van der Waals surface area contributed by atoms with E-state index in [-0.39, 0.29) is 11.8 Å².